The van der Waals surface area contributed by atoms with E-state index in [4.69, 9.17) is 10.9 Å². The zero-order valence-electron chi connectivity index (χ0n) is 7.64. The van der Waals surface area contributed by atoms with E-state index >= 15 is 0 Å². The normalized spacial score (nSPS) is 11.4. The topological polar surface area (TPSA) is 106 Å². The monoisotopic (exact) mass is 197 g/mol. The molecule has 1 aromatic rings. The van der Waals surface area contributed by atoms with E-state index in [1.165, 1.54) is 10.9 Å². The Hall–Kier alpha value is -2.05. The number of hydrogen-bond donors (Lipinski definition) is 3. The first-order chi connectivity index (χ1) is 6.65. The van der Waals surface area contributed by atoms with Crippen molar-refractivity contribution in [2.24, 2.45) is 17.9 Å². The van der Waals surface area contributed by atoms with Gasteiger partial charge in [-0.2, -0.15) is 5.10 Å². The third-order valence-electron chi connectivity index (χ3n) is 1.61. The molecule has 4 N–H and O–H groups in total. The first kappa shape index (κ1) is 10.0. The van der Waals surface area contributed by atoms with E-state index in [1.54, 1.807) is 13.1 Å². The molecule has 7 nitrogen and oxygen atoms in total. The summed E-state index contributed by atoms with van der Waals surface area (Å²) < 4.78 is 1.43. The van der Waals surface area contributed by atoms with Gasteiger partial charge in [-0.05, 0) is 6.07 Å². The Bertz CT molecular complexity index is 357. The molecule has 7 heteroatoms. The second-order valence-electron chi connectivity index (χ2n) is 2.61. The highest BCUT2D eigenvalue weighted by molar-refractivity contribution is 5.95. The molecule has 1 aromatic heterocycles. The van der Waals surface area contributed by atoms with E-state index in [2.05, 4.69) is 15.6 Å². The summed E-state index contributed by atoms with van der Waals surface area (Å²) in [4.78, 5) is 11.4. The summed E-state index contributed by atoms with van der Waals surface area (Å²) in [5.41, 5.74) is 5.59. The predicted molar refractivity (Wildman–Crippen MR) is 49.0 cm³/mol. The summed E-state index contributed by atoms with van der Waals surface area (Å²) in [7, 11) is 1.65. The van der Waals surface area contributed by atoms with Crippen LogP contribution in [0.25, 0.3) is 0 Å². The molecule has 76 valence electrons. The van der Waals surface area contributed by atoms with Crippen molar-refractivity contribution in [2.45, 2.75) is 0 Å². The largest absolute Gasteiger partial charge is 0.409 e. The maximum Gasteiger partial charge on any atom is 0.269 e. The van der Waals surface area contributed by atoms with Gasteiger partial charge in [-0.1, -0.05) is 5.16 Å². The molecule has 1 heterocycles. The van der Waals surface area contributed by atoms with Crippen molar-refractivity contribution in [1.29, 1.82) is 0 Å². The highest BCUT2D eigenvalue weighted by Gasteiger charge is 2.09. The van der Waals surface area contributed by atoms with Crippen LogP contribution in [0, 0.1) is 0 Å². The van der Waals surface area contributed by atoms with Gasteiger partial charge in [0.2, 0.25) is 0 Å². The Labute approximate surface area is 80.2 Å². The molecule has 0 atom stereocenters. The van der Waals surface area contributed by atoms with E-state index in [9.17, 15) is 4.79 Å². The van der Waals surface area contributed by atoms with Crippen LogP contribution in [-0.4, -0.2) is 33.3 Å². The lowest BCUT2D eigenvalue weighted by atomic mass is 10.4. The van der Waals surface area contributed by atoms with Gasteiger partial charge in [0, 0.05) is 13.2 Å². The molecule has 0 bridgehead atoms. The molecule has 0 saturated heterocycles. The number of rotatable bonds is 3. The van der Waals surface area contributed by atoms with Crippen molar-refractivity contribution in [3.8, 4) is 0 Å². The van der Waals surface area contributed by atoms with E-state index in [0.29, 0.717) is 5.69 Å². The Kier molecular flexibility index (Phi) is 3.05. The van der Waals surface area contributed by atoms with Crippen molar-refractivity contribution in [2.75, 3.05) is 6.54 Å². The zero-order valence-corrected chi connectivity index (χ0v) is 7.64. The van der Waals surface area contributed by atoms with E-state index in [1.807, 2.05) is 0 Å². The number of carbonyl (C=O) groups excluding carboxylic acids is 1. The van der Waals surface area contributed by atoms with E-state index < -0.39 is 0 Å². The van der Waals surface area contributed by atoms with E-state index in [-0.39, 0.29) is 18.3 Å². The second-order valence-corrected chi connectivity index (χ2v) is 2.61. The molecule has 0 radical (unpaired) electrons. The lowest BCUT2D eigenvalue weighted by Crippen LogP contribution is -2.34. The maximum absolute atomic E-state index is 11.4. The summed E-state index contributed by atoms with van der Waals surface area (Å²) in [6, 6.07) is 1.57. The van der Waals surface area contributed by atoms with Crippen LogP contribution in [0.4, 0.5) is 0 Å². The molecule has 0 fully saturated rings. The highest BCUT2D eigenvalue weighted by atomic mass is 16.4. The van der Waals surface area contributed by atoms with Crippen molar-refractivity contribution in [3.63, 3.8) is 0 Å². The van der Waals surface area contributed by atoms with Crippen molar-refractivity contribution < 1.29 is 10.0 Å². The molecule has 0 aliphatic carbocycles. The minimum Gasteiger partial charge on any atom is -0.409 e. The quantitative estimate of drug-likeness (QED) is 0.247. The summed E-state index contributed by atoms with van der Waals surface area (Å²) in [6.07, 6.45) is 1.51. The number of nitrogens with one attached hydrogen (secondary N) is 1. The van der Waals surface area contributed by atoms with Crippen LogP contribution < -0.4 is 11.1 Å². The molecule has 0 spiro atoms. The Morgan fingerprint density at radius 1 is 1.86 bits per heavy atom. The van der Waals surface area contributed by atoms with Crippen LogP contribution in [0.2, 0.25) is 0 Å². The molecule has 1 rings (SSSR count). The number of hydrogen-bond acceptors (Lipinski definition) is 4. The number of aryl methyl sites for hydroxylation is 1. The summed E-state index contributed by atoms with van der Waals surface area (Å²) in [6.45, 7) is 0.000509. The fraction of sp³-hybridized carbons (Fsp3) is 0.286. The number of oxime groups is 1. The fourth-order valence-electron chi connectivity index (χ4n) is 0.893. The van der Waals surface area contributed by atoms with E-state index in [0.717, 1.165) is 0 Å². The summed E-state index contributed by atoms with van der Waals surface area (Å²) >= 11 is 0. The molecule has 14 heavy (non-hydrogen) atoms. The lowest BCUT2D eigenvalue weighted by Gasteiger charge is -2.03. The van der Waals surface area contributed by atoms with Crippen molar-refractivity contribution >= 4 is 11.7 Å². The second kappa shape index (κ2) is 4.26. The van der Waals surface area contributed by atoms with Crippen molar-refractivity contribution in [1.82, 2.24) is 15.1 Å². The smallest absolute Gasteiger partial charge is 0.269 e. The average Bonchev–Trinajstić information content (AvgIpc) is 2.60. The molecular formula is C7H11N5O2. The molecule has 0 aliphatic heterocycles. The molecule has 0 unspecified atom stereocenters. The Morgan fingerprint density at radius 3 is 3.07 bits per heavy atom. The first-order valence-electron chi connectivity index (χ1n) is 3.87. The van der Waals surface area contributed by atoms with Crippen LogP contribution in [-0.2, 0) is 7.05 Å². The third kappa shape index (κ3) is 2.22. The number of carbonyl (C=O) groups is 1. The molecule has 0 saturated carbocycles. The van der Waals surface area contributed by atoms with Crippen LogP contribution in [0.3, 0.4) is 0 Å². The van der Waals surface area contributed by atoms with Crippen molar-refractivity contribution in [3.05, 3.63) is 18.0 Å². The van der Waals surface area contributed by atoms with Gasteiger partial charge in [-0.15, -0.1) is 0 Å². The van der Waals surface area contributed by atoms with Crippen LogP contribution in [0.1, 0.15) is 10.5 Å². The molecule has 0 aromatic carbocycles. The van der Waals surface area contributed by atoms with Gasteiger partial charge in [-0.3, -0.25) is 9.48 Å². The number of amidine groups is 1. The van der Waals surface area contributed by atoms with Gasteiger partial charge in [0.1, 0.15) is 5.69 Å². The predicted octanol–water partition coefficient (Wildman–Crippen LogP) is -1.10. The van der Waals surface area contributed by atoms with Crippen LogP contribution in [0.15, 0.2) is 17.4 Å². The van der Waals surface area contributed by atoms with Gasteiger partial charge < -0.3 is 16.3 Å². The number of amides is 1. The minimum atomic E-state index is -0.323. The summed E-state index contributed by atoms with van der Waals surface area (Å²) in [5, 5.41) is 17.2. The van der Waals surface area contributed by atoms with Gasteiger partial charge in [0.15, 0.2) is 5.84 Å². The SMILES string of the molecule is Cn1nccc1C(=O)NCC(N)=NO. The Morgan fingerprint density at radius 2 is 2.57 bits per heavy atom. The zero-order chi connectivity index (χ0) is 10.6. The van der Waals surface area contributed by atoms with Gasteiger partial charge in [-0.25, -0.2) is 0 Å². The minimum absolute atomic E-state index is 0.000509. The maximum atomic E-state index is 11.4. The Balaban J connectivity index is 2.56. The fourth-order valence-corrected chi connectivity index (χ4v) is 0.893. The molecule has 1 amide bonds. The molecular weight excluding hydrogens is 186 g/mol. The number of nitrogens with two attached hydrogens (primary N) is 1. The lowest BCUT2D eigenvalue weighted by molar-refractivity contribution is 0.0949. The van der Waals surface area contributed by atoms with Gasteiger partial charge in [0.05, 0.1) is 6.54 Å². The van der Waals surface area contributed by atoms with Crippen LogP contribution >= 0.6 is 0 Å². The number of nitrogens with zero attached hydrogens (tertiary/aromatic N) is 3. The average molecular weight is 197 g/mol. The molecule has 0 aliphatic rings. The summed E-state index contributed by atoms with van der Waals surface area (Å²) in [5.74, 6) is -0.378. The first-order valence-corrected chi connectivity index (χ1v) is 3.87. The van der Waals surface area contributed by atoms with Gasteiger partial charge >= 0.3 is 0 Å². The standard InChI is InChI=1S/C7H11N5O2/c1-12-5(2-3-10-12)7(13)9-4-6(8)11-14/h2-3,14H,4H2,1H3,(H2,8,11)(H,9,13). The third-order valence-corrected chi connectivity index (χ3v) is 1.61. The highest BCUT2D eigenvalue weighted by Crippen LogP contribution is 1.94. The van der Waals surface area contributed by atoms with Gasteiger partial charge in [0.25, 0.3) is 5.91 Å². The van der Waals surface area contributed by atoms with Crippen LogP contribution in [0.5, 0.6) is 0 Å². The number of aromatic nitrogens is 2.